The lowest BCUT2D eigenvalue weighted by Gasteiger charge is -2.27. The number of rotatable bonds is 33. The lowest BCUT2D eigenvalue weighted by Crippen LogP contribution is -2.59. The van der Waals surface area contributed by atoms with Gasteiger partial charge in [0.1, 0.15) is 42.3 Å². The van der Waals surface area contributed by atoms with Gasteiger partial charge in [0.25, 0.3) is 0 Å². The maximum atomic E-state index is 14.2. The van der Waals surface area contributed by atoms with Gasteiger partial charge in [-0.3, -0.25) is 47.9 Å². The molecule has 10 amide bonds. The van der Waals surface area contributed by atoms with Crippen molar-refractivity contribution in [3.63, 3.8) is 0 Å². The van der Waals surface area contributed by atoms with Gasteiger partial charge in [0, 0.05) is 48.3 Å². The summed E-state index contributed by atoms with van der Waals surface area (Å²) in [7, 11) is 0. The van der Waals surface area contributed by atoms with Gasteiger partial charge in [-0.25, -0.2) is 4.98 Å². The lowest BCUT2D eigenvalue weighted by atomic mass is 10.0. The van der Waals surface area contributed by atoms with Crippen molar-refractivity contribution in [1.29, 1.82) is 0 Å². The van der Waals surface area contributed by atoms with Gasteiger partial charge in [0.2, 0.25) is 59.1 Å². The van der Waals surface area contributed by atoms with Gasteiger partial charge in [-0.2, -0.15) is 0 Å². The van der Waals surface area contributed by atoms with E-state index in [0.717, 1.165) is 22.9 Å². The van der Waals surface area contributed by atoms with E-state index < -0.39 is 120 Å². The van der Waals surface area contributed by atoms with Crippen LogP contribution < -0.4 is 59.7 Å². The van der Waals surface area contributed by atoms with Crippen LogP contribution in [0, 0.1) is 11.8 Å². The van der Waals surface area contributed by atoms with Gasteiger partial charge in [-0.1, -0.05) is 96.0 Å². The third-order valence-corrected chi connectivity index (χ3v) is 12.9. The molecule has 2 aromatic carbocycles. The van der Waals surface area contributed by atoms with Crippen LogP contribution in [0.15, 0.2) is 73.3 Å². The number of nitrogens with zero attached hydrogens (tertiary/aromatic N) is 1. The molecule has 24 nitrogen and oxygen atoms in total. The molecule has 0 saturated carbocycles. The standard InChI is InChI=1S/C54H78N14O10/c1-7-8-17-39(47(57)71)64-50(74)40(20-19-30(2)3)66-53(77)43(25-35-27-58-29-61-35)63-45(70)28-60-54(78)46(31(4)5)68-48(72)32(6)62-52(76)42(24-34-26-59-38-18-13-12-16-36(34)38)67-51(75)41(21-22-44(56)69)65-49(73)37(55)23-33-14-10-9-11-15-33/h9-16,18,26-27,29-32,37,39-43,46,59H,7-8,17,19-25,28,55H2,1-6H3,(H2,56,69)(H2,57,71)(H,58,61)(H,60,78)(H,62,76)(H,63,70)(H,64,74)(H,65,73)(H,66,77)(H,67,75)(H,68,72)/t32-,37+,39+,40-,41-,42-,43-,46-/m0/s1. The third kappa shape index (κ3) is 20.4. The van der Waals surface area contributed by atoms with Crippen molar-refractivity contribution in [2.24, 2.45) is 29.0 Å². The number of carbonyl (C=O) groups excluding carboxylic acids is 10. The van der Waals surface area contributed by atoms with E-state index in [2.05, 4.69) is 57.5 Å². The molecule has 0 radical (unpaired) electrons. The van der Waals surface area contributed by atoms with Crippen LogP contribution in [0.5, 0.6) is 0 Å². The highest BCUT2D eigenvalue weighted by atomic mass is 16.2. The number of aromatic nitrogens is 3. The Morgan fingerprint density at radius 1 is 0.590 bits per heavy atom. The first-order valence-electron chi connectivity index (χ1n) is 26.3. The van der Waals surface area contributed by atoms with E-state index in [1.165, 1.54) is 19.4 Å². The minimum absolute atomic E-state index is 0.0820. The van der Waals surface area contributed by atoms with Crippen molar-refractivity contribution >= 4 is 70.0 Å². The molecule has 4 rings (SSSR count). The number of benzene rings is 2. The molecule has 0 unspecified atom stereocenters. The Balaban J connectivity index is 1.45. The molecule has 0 spiro atoms. The Morgan fingerprint density at radius 3 is 1.82 bits per heavy atom. The van der Waals surface area contributed by atoms with Gasteiger partial charge in [0.15, 0.2) is 0 Å². The van der Waals surface area contributed by atoms with Crippen LogP contribution in [-0.2, 0) is 67.2 Å². The lowest BCUT2D eigenvalue weighted by molar-refractivity contribution is -0.135. The monoisotopic (exact) mass is 1080 g/mol. The van der Waals surface area contributed by atoms with Gasteiger partial charge >= 0.3 is 0 Å². The van der Waals surface area contributed by atoms with Gasteiger partial charge in [-0.05, 0) is 68.1 Å². The van der Waals surface area contributed by atoms with E-state index in [0.29, 0.717) is 30.5 Å². The molecule has 16 N–H and O–H groups in total. The highest BCUT2D eigenvalue weighted by molar-refractivity contribution is 5.98. The molecule has 24 heteroatoms. The van der Waals surface area contributed by atoms with E-state index in [1.54, 1.807) is 50.4 Å². The molecular weight excluding hydrogens is 1000 g/mol. The maximum Gasteiger partial charge on any atom is 0.243 e. The van der Waals surface area contributed by atoms with Gasteiger partial charge in [-0.15, -0.1) is 0 Å². The van der Waals surface area contributed by atoms with Crippen LogP contribution in [0.4, 0.5) is 0 Å². The first kappa shape index (κ1) is 62.4. The Morgan fingerprint density at radius 2 is 1.19 bits per heavy atom. The van der Waals surface area contributed by atoms with E-state index in [9.17, 15) is 47.9 Å². The predicted molar refractivity (Wildman–Crippen MR) is 291 cm³/mol. The first-order chi connectivity index (χ1) is 37.1. The molecule has 0 aliphatic rings. The SMILES string of the molecule is CCCC[C@@H](NC(=O)[C@H](CCC(C)C)NC(=O)[C@H](Cc1cnc[nH]1)NC(=O)CNC(=O)[C@@H](NC(=O)[C@H](C)NC(=O)[C@H](Cc1c[nH]c2ccccc12)NC(=O)[C@H](CCC(N)=O)NC(=O)[C@H](N)Cc1ccccc1)C(C)C)C(N)=O. The number of unbranched alkanes of at least 4 members (excludes halogenated alkanes) is 1. The highest BCUT2D eigenvalue weighted by Crippen LogP contribution is 2.20. The second kappa shape index (κ2) is 31.2. The molecule has 0 fully saturated rings. The number of imidazole rings is 1. The summed E-state index contributed by atoms with van der Waals surface area (Å²) >= 11 is 0. The fraction of sp³-hybridized carbons (Fsp3) is 0.500. The van der Waals surface area contributed by atoms with Crippen LogP contribution in [0.3, 0.4) is 0 Å². The second-order valence-electron chi connectivity index (χ2n) is 20.2. The van der Waals surface area contributed by atoms with Crippen molar-refractivity contribution in [1.82, 2.24) is 57.5 Å². The number of H-pyrrole nitrogens is 2. The zero-order valence-electron chi connectivity index (χ0n) is 45.2. The molecule has 0 aliphatic heterocycles. The molecule has 0 saturated heterocycles. The second-order valence-corrected chi connectivity index (χ2v) is 20.2. The quantitative estimate of drug-likeness (QED) is 0.0295. The van der Waals surface area contributed by atoms with Crippen molar-refractivity contribution < 1.29 is 47.9 Å². The third-order valence-electron chi connectivity index (χ3n) is 12.9. The smallest absolute Gasteiger partial charge is 0.243 e. The number of hydrogen-bond acceptors (Lipinski definition) is 12. The normalized spacial score (nSPS) is 14.3. The minimum Gasteiger partial charge on any atom is -0.370 e. The Kier molecular flexibility index (Phi) is 24.9. The number of para-hydroxylation sites is 1. The maximum absolute atomic E-state index is 14.2. The van der Waals surface area contributed by atoms with Crippen molar-refractivity contribution in [2.75, 3.05) is 6.54 Å². The molecule has 2 heterocycles. The summed E-state index contributed by atoms with van der Waals surface area (Å²) in [5.41, 5.74) is 19.9. The van der Waals surface area contributed by atoms with E-state index >= 15 is 0 Å². The summed E-state index contributed by atoms with van der Waals surface area (Å²) in [5, 5.41) is 21.8. The molecule has 8 atom stereocenters. The van der Waals surface area contributed by atoms with Crippen LogP contribution in [0.25, 0.3) is 10.9 Å². The summed E-state index contributed by atoms with van der Waals surface area (Å²) in [6.45, 7) is 9.86. The van der Waals surface area contributed by atoms with Crippen LogP contribution >= 0.6 is 0 Å². The summed E-state index contributed by atoms with van der Waals surface area (Å²) in [5.74, 6) is -7.84. The fourth-order valence-electron chi connectivity index (χ4n) is 8.35. The van der Waals surface area contributed by atoms with E-state index in [-0.39, 0.29) is 44.4 Å². The zero-order valence-corrected chi connectivity index (χ0v) is 45.2. The average Bonchev–Trinajstić information content (AvgIpc) is 4.08. The molecule has 424 valence electrons. The molecule has 0 bridgehead atoms. The van der Waals surface area contributed by atoms with Crippen LogP contribution in [-0.4, -0.2) is 129 Å². The summed E-state index contributed by atoms with van der Waals surface area (Å²) < 4.78 is 0. The largest absolute Gasteiger partial charge is 0.370 e. The van der Waals surface area contributed by atoms with E-state index in [4.69, 9.17) is 17.2 Å². The number of amides is 10. The Bertz CT molecular complexity index is 2660. The van der Waals surface area contributed by atoms with Crippen molar-refractivity contribution in [2.45, 2.75) is 154 Å². The zero-order chi connectivity index (χ0) is 57.5. The number of carbonyl (C=O) groups is 10. The molecule has 78 heavy (non-hydrogen) atoms. The topological polar surface area (TPSA) is 389 Å². The highest BCUT2D eigenvalue weighted by Gasteiger charge is 2.34. The summed E-state index contributed by atoms with van der Waals surface area (Å²) in [6.07, 6.45) is 6.46. The average molecular weight is 1080 g/mol. The number of aromatic amines is 2. The predicted octanol–water partition coefficient (Wildman–Crippen LogP) is -0.191. The summed E-state index contributed by atoms with van der Waals surface area (Å²) in [4.78, 5) is 144. The van der Waals surface area contributed by atoms with Gasteiger partial charge < -0.3 is 69.7 Å². The van der Waals surface area contributed by atoms with E-state index in [1.807, 2.05) is 45.0 Å². The van der Waals surface area contributed by atoms with Crippen LogP contribution in [0.1, 0.15) is 103 Å². The molecule has 0 aliphatic carbocycles. The number of hydrogen-bond donors (Lipinski definition) is 13. The fourth-order valence-corrected chi connectivity index (χ4v) is 8.35. The van der Waals surface area contributed by atoms with Gasteiger partial charge in [0.05, 0.1) is 18.9 Å². The first-order valence-corrected chi connectivity index (χ1v) is 26.3. The molecule has 4 aromatic rings. The van der Waals surface area contributed by atoms with Crippen LogP contribution in [0.2, 0.25) is 0 Å². The molecule has 2 aromatic heterocycles. The number of fused-ring (bicyclic) bond motifs is 1. The number of nitrogens with one attached hydrogen (secondary N) is 10. The minimum atomic E-state index is -1.35. The Labute approximate surface area is 453 Å². The number of nitrogens with two attached hydrogens (primary N) is 3. The van der Waals surface area contributed by atoms with Crippen molar-refractivity contribution in [3.8, 4) is 0 Å². The van der Waals surface area contributed by atoms with Crippen molar-refractivity contribution in [3.05, 3.63) is 90.1 Å². The summed E-state index contributed by atoms with van der Waals surface area (Å²) in [6, 6.07) is 6.64. The number of primary amides is 2. The Hall–Kier alpha value is -8.15. The molecular formula is C54H78N14O10.